The van der Waals surface area contributed by atoms with E-state index in [1.807, 2.05) is 23.5 Å². The van der Waals surface area contributed by atoms with Crippen molar-refractivity contribution in [1.29, 1.82) is 0 Å². The number of carbonyl (C=O) groups excluding carboxylic acids is 2. The Bertz CT molecular complexity index is 1090. The number of aryl methyl sites for hydroxylation is 1. The van der Waals surface area contributed by atoms with E-state index >= 15 is 0 Å². The fraction of sp³-hybridized carbons (Fsp3) is 0.586. The monoisotopic (exact) mass is 562 g/mol. The van der Waals surface area contributed by atoms with Crippen LogP contribution in [0.1, 0.15) is 102 Å². The quantitative estimate of drug-likeness (QED) is 0.322. The highest BCUT2D eigenvalue weighted by atomic mass is 32.2. The van der Waals surface area contributed by atoms with Crippen molar-refractivity contribution in [3.05, 3.63) is 51.2 Å². The zero-order valence-electron chi connectivity index (χ0n) is 22.1. The molecule has 1 aromatic heterocycles. The van der Waals surface area contributed by atoms with E-state index in [9.17, 15) is 18.3 Å². The molecule has 1 aliphatic heterocycles. The topological polar surface area (TPSA) is 84.5 Å². The molecule has 1 amide bonds. The first-order valence-electron chi connectivity index (χ1n) is 13.9. The van der Waals surface area contributed by atoms with E-state index in [4.69, 9.17) is 0 Å². The van der Waals surface area contributed by atoms with E-state index in [2.05, 4.69) is 28.6 Å². The molecule has 1 unspecified atom stereocenters. The van der Waals surface area contributed by atoms with Gasteiger partial charge in [0, 0.05) is 54.4 Å². The van der Waals surface area contributed by atoms with Crippen LogP contribution in [0.3, 0.4) is 0 Å². The third kappa shape index (κ3) is 7.65. The average Bonchev–Trinajstić information content (AvgIpc) is 3.36. The Morgan fingerprint density at radius 3 is 2.47 bits per heavy atom. The number of hydrogen-bond donors (Lipinski definition) is 2. The second kappa shape index (κ2) is 14.2. The van der Waals surface area contributed by atoms with Crippen LogP contribution in [0, 0.1) is 5.92 Å². The molecule has 1 saturated carbocycles. The molecule has 38 heavy (non-hydrogen) atoms. The van der Waals surface area contributed by atoms with Gasteiger partial charge in [0.25, 0.3) is 5.91 Å². The van der Waals surface area contributed by atoms with Crippen LogP contribution in [-0.2, 0) is 27.0 Å². The summed E-state index contributed by atoms with van der Waals surface area (Å²) in [5, 5.41) is 6.46. The highest BCUT2D eigenvalue weighted by Gasteiger charge is 2.30. The second-order valence-corrected chi connectivity index (χ2v) is 13.3. The second-order valence-electron chi connectivity index (χ2n) is 10.5. The molecule has 0 radical (unpaired) electrons. The number of halogens is 1. The molecule has 4 rings (SSSR count). The minimum atomic E-state index is -1.00. The Balaban J connectivity index is 1.52. The lowest BCUT2D eigenvalue weighted by Crippen LogP contribution is -2.26. The molecule has 0 bridgehead atoms. The summed E-state index contributed by atoms with van der Waals surface area (Å²) in [5.41, 5.74) is 2.88. The lowest BCUT2D eigenvalue weighted by Gasteiger charge is -2.32. The lowest BCUT2D eigenvalue weighted by molar-refractivity contribution is -0.183. The highest BCUT2D eigenvalue weighted by Crippen LogP contribution is 2.43. The molecular weight excluding hydrogens is 523 g/mol. The molecule has 2 fully saturated rings. The van der Waals surface area contributed by atoms with Crippen LogP contribution < -0.4 is 10.6 Å². The minimum absolute atomic E-state index is 0.0168. The molecule has 1 atom stereocenters. The molecule has 6 nitrogen and oxygen atoms in total. The summed E-state index contributed by atoms with van der Waals surface area (Å²) in [5.74, 6) is 1.37. The maximum Gasteiger partial charge on any atom is 0.350 e. The van der Waals surface area contributed by atoms with Crippen LogP contribution in [0.15, 0.2) is 30.3 Å². The smallest absolute Gasteiger partial charge is 0.350 e. The van der Waals surface area contributed by atoms with E-state index in [-0.39, 0.29) is 24.9 Å². The van der Waals surface area contributed by atoms with Crippen molar-refractivity contribution in [3.63, 3.8) is 0 Å². The van der Waals surface area contributed by atoms with Gasteiger partial charge in [0.05, 0.1) is 12.5 Å². The van der Waals surface area contributed by atoms with Crippen molar-refractivity contribution in [2.45, 2.75) is 83.1 Å². The van der Waals surface area contributed by atoms with Gasteiger partial charge in [-0.15, -0.1) is 11.3 Å². The van der Waals surface area contributed by atoms with E-state index in [0.29, 0.717) is 17.4 Å². The number of rotatable bonds is 11. The fourth-order valence-electron chi connectivity index (χ4n) is 5.66. The van der Waals surface area contributed by atoms with Crippen LogP contribution in [-0.4, -0.2) is 34.1 Å². The van der Waals surface area contributed by atoms with E-state index in [0.717, 1.165) is 42.9 Å². The van der Waals surface area contributed by atoms with E-state index in [1.165, 1.54) is 47.4 Å². The number of anilines is 1. The molecule has 9 heteroatoms. The molecule has 2 aliphatic rings. The maximum atomic E-state index is 12.4. The third-order valence-corrected chi connectivity index (χ3v) is 10.5. The first kappa shape index (κ1) is 28.7. The van der Waals surface area contributed by atoms with Gasteiger partial charge in [-0.1, -0.05) is 32.6 Å². The number of nitrogens with one attached hydrogen (secondary N) is 2. The number of carbonyl (C=O) groups is 2. The summed E-state index contributed by atoms with van der Waals surface area (Å²) < 4.78 is 23.8. The zero-order valence-corrected chi connectivity index (χ0v) is 23.8. The molecule has 1 saturated heterocycles. The Morgan fingerprint density at radius 2 is 1.82 bits per heavy atom. The van der Waals surface area contributed by atoms with Gasteiger partial charge in [0.1, 0.15) is 0 Å². The van der Waals surface area contributed by atoms with Gasteiger partial charge in [0.2, 0.25) is 0 Å². The maximum absolute atomic E-state index is 12.4. The summed E-state index contributed by atoms with van der Waals surface area (Å²) in [7, 11) is -0.658. The molecule has 208 valence electrons. The van der Waals surface area contributed by atoms with Crippen LogP contribution in [0.5, 0.6) is 0 Å². The summed E-state index contributed by atoms with van der Waals surface area (Å²) >= 11 is 1.96. The summed E-state index contributed by atoms with van der Waals surface area (Å²) in [6.07, 6.45) is 10.2. The van der Waals surface area contributed by atoms with Crippen molar-refractivity contribution < 1.29 is 23.3 Å². The largest absolute Gasteiger partial charge is 0.378 e. The first-order valence-corrected chi connectivity index (χ1v) is 16.2. The van der Waals surface area contributed by atoms with E-state index in [1.54, 1.807) is 12.1 Å². The van der Waals surface area contributed by atoms with Gasteiger partial charge in [-0.2, -0.15) is 0 Å². The van der Waals surface area contributed by atoms with Crippen molar-refractivity contribution in [1.82, 2.24) is 5.32 Å². The van der Waals surface area contributed by atoms with Gasteiger partial charge in [0.15, 0.2) is 0 Å². The Hall–Kier alpha value is -2.26. The van der Waals surface area contributed by atoms with Gasteiger partial charge >= 0.3 is 5.97 Å². The molecule has 1 aromatic carbocycles. The highest BCUT2D eigenvalue weighted by molar-refractivity contribution is 7.85. The Kier molecular flexibility index (Phi) is 10.8. The first-order chi connectivity index (χ1) is 18.5. The van der Waals surface area contributed by atoms with Crippen molar-refractivity contribution >= 4 is 39.7 Å². The van der Waals surface area contributed by atoms with Crippen LogP contribution in [0.25, 0.3) is 0 Å². The van der Waals surface area contributed by atoms with Crippen LogP contribution in [0.4, 0.5) is 10.2 Å². The molecule has 1 aliphatic carbocycles. The van der Waals surface area contributed by atoms with Gasteiger partial charge in [-0.3, -0.25) is 13.9 Å². The predicted molar refractivity (Wildman–Crippen MR) is 152 cm³/mol. The number of amides is 1. The molecular formula is C29H39FN2O4S2. The lowest BCUT2D eigenvalue weighted by atomic mass is 9.80. The molecule has 2 heterocycles. The molecule has 2 N–H and O–H groups in total. The van der Waals surface area contributed by atoms with Gasteiger partial charge in [-0.05, 0) is 79.8 Å². The minimum Gasteiger partial charge on any atom is -0.378 e. The standard InChI is InChI=1S/C29H39FN2O4S2/c1-2-6-25-24(19-26(37-25)20-14-17-38(35)18-15-20)28(21-7-4-3-5-8-21)32-23-11-9-22(10-12-23)29(34)31-16-13-27(33)36-30/h9-12,19-21,28,32H,2-8,13-18H2,1H3,(H,31,34). The van der Waals surface area contributed by atoms with Gasteiger partial charge < -0.3 is 10.6 Å². The van der Waals surface area contributed by atoms with E-state index < -0.39 is 16.8 Å². The number of thiophene rings is 1. The van der Waals surface area contributed by atoms with Crippen molar-refractivity contribution in [2.75, 3.05) is 23.4 Å². The summed E-state index contributed by atoms with van der Waals surface area (Å²) in [6, 6.07) is 10.1. The van der Waals surface area contributed by atoms with Crippen LogP contribution >= 0.6 is 11.3 Å². The van der Waals surface area contributed by atoms with Crippen molar-refractivity contribution in [2.24, 2.45) is 5.92 Å². The van der Waals surface area contributed by atoms with Crippen molar-refractivity contribution in [3.8, 4) is 0 Å². The Labute approximate surface area is 231 Å². The van der Waals surface area contributed by atoms with Gasteiger partial charge in [-0.25, -0.2) is 4.79 Å². The molecule has 2 aromatic rings. The van der Waals surface area contributed by atoms with Crippen LogP contribution in [0.2, 0.25) is 0 Å². The summed E-state index contributed by atoms with van der Waals surface area (Å²) in [6.45, 7) is 2.25. The molecule has 0 spiro atoms. The number of hydrogen-bond acceptors (Lipinski definition) is 6. The SMILES string of the molecule is CCCc1sc(C2CCS(=O)CC2)cc1C(Nc1ccc(C(=O)NCCC(=O)OF)cc1)C1CCCCC1. The number of benzene rings is 1. The average molecular weight is 563 g/mol. The zero-order chi connectivity index (χ0) is 26.9. The predicted octanol–water partition coefficient (Wildman–Crippen LogP) is 6.61. The third-order valence-electron chi connectivity index (χ3n) is 7.75. The fourth-order valence-corrected chi connectivity index (χ4v) is 8.44. The summed E-state index contributed by atoms with van der Waals surface area (Å²) in [4.78, 5) is 29.4. The Morgan fingerprint density at radius 1 is 1.11 bits per heavy atom. The normalized spacial score (nSPS) is 21.0.